The molecule has 0 spiro atoms. The fourth-order valence-electron chi connectivity index (χ4n) is 2.24. The molecule has 4 nitrogen and oxygen atoms in total. The molecule has 1 atom stereocenters. The predicted molar refractivity (Wildman–Crippen MR) is 87.2 cm³/mol. The molecular formula is C16H21BrN2O2. The van der Waals surface area contributed by atoms with Crippen molar-refractivity contribution in [3.05, 3.63) is 28.2 Å². The van der Waals surface area contributed by atoms with Crippen molar-refractivity contribution in [3.8, 4) is 6.07 Å². The average Bonchev–Trinajstić information content (AvgIpc) is 2.43. The summed E-state index contributed by atoms with van der Waals surface area (Å²) in [6, 6.07) is 7.54. The fourth-order valence-corrected chi connectivity index (χ4v) is 2.76. The minimum Gasteiger partial charge on any atom is -0.481 e. The Hall–Kier alpha value is -1.54. The highest BCUT2D eigenvalue weighted by Gasteiger charge is 2.14. The van der Waals surface area contributed by atoms with Gasteiger partial charge in [-0.15, -0.1) is 0 Å². The summed E-state index contributed by atoms with van der Waals surface area (Å²) in [6.45, 7) is 5.04. The quantitative estimate of drug-likeness (QED) is 0.732. The van der Waals surface area contributed by atoms with E-state index in [0.717, 1.165) is 23.1 Å². The number of anilines is 1. The number of benzene rings is 1. The van der Waals surface area contributed by atoms with Crippen LogP contribution in [0.5, 0.6) is 0 Å². The molecule has 0 fully saturated rings. The zero-order chi connectivity index (χ0) is 15.8. The Morgan fingerprint density at radius 3 is 2.67 bits per heavy atom. The summed E-state index contributed by atoms with van der Waals surface area (Å²) in [5.41, 5.74) is 1.57. The third-order valence-electron chi connectivity index (χ3n) is 3.60. The highest BCUT2D eigenvalue weighted by molar-refractivity contribution is 9.10. The van der Waals surface area contributed by atoms with Gasteiger partial charge in [0.2, 0.25) is 0 Å². The summed E-state index contributed by atoms with van der Waals surface area (Å²) in [6.07, 6.45) is 1.87. The highest BCUT2D eigenvalue weighted by atomic mass is 79.9. The van der Waals surface area contributed by atoms with Crippen LogP contribution < -0.4 is 5.32 Å². The van der Waals surface area contributed by atoms with E-state index >= 15 is 0 Å². The molecule has 21 heavy (non-hydrogen) atoms. The highest BCUT2D eigenvalue weighted by Crippen LogP contribution is 2.25. The van der Waals surface area contributed by atoms with E-state index in [9.17, 15) is 4.79 Å². The maximum atomic E-state index is 10.7. The van der Waals surface area contributed by atoms with Crippen molar-refractivity contribution >= 4 is 27.6 Å². The molecule has 0 aromatic heterocycles. The fraction of sp³-hybridized carbons (Fsp3) is 0.500. The summed E-state index contributed by atoms with van der Waals surface area (Å²) < 4.78 is 0.869. The average molecular weight is 353 g/mol. The molecular weight excluding hydrogens is 332 g/mol. The number of nitrogens with one attached hydrogen (secondary N) is 1. The monoisotopic (exact) mass is 352 g/mol. The minimum atomic E-state index is -0.733. The number of hydrogen-bond acceptors (Lipinski definition) is 3. The first-order chi connectivity index (χ1) is 9.93. The normalized spacial score (nSPS) is 12.0. The molecule has 114 valence electrons. The number of aliphatic carboxylic acids is 1. The van der Waals surface area contributed by atoms with Crippen LogP contribution in [0.3, 0.4) is 0 Å². The van der Waals surface area contributed by atoms with Crippen LogP contribution in [0.25, 0.3) is 0 Å². The topological polar surface area (TPSA) is 73.1 Å². The van der Waals surface area contributed by atoms with Crippen molar-refractivity contribution in [1.29, 1.82) is 5.26 Å². The van der Waals surface area contributed by atoms with Crippen LogP contribution in [0.15, 0.2) is 22.7 Å². The van der Waals surface area contributed by atoms with Crippen molar-refractivity contribution in [2.24, 2.45) is 11.8 Å². The van der Waals surface area contributed by atoms with Gasteiger partial charge in [-0.05, 0) is 58.8 Å². The van der Waals surface area contributed by atoms with Gasteiger partial charge in [-0.3, -0.25) is 4.79 Å². The van der Waals surface area contributed by atoms with Crippen LogP contribution >= 0.6 is 15.9 Å². The van der Waals surface area contributed by atoms with Crippen molar-refractivity contribution in [1.82, 2.24) is 0 Å². The molecule has 0 saturated carbocycles. The van der Waals surface area contributed by atoms with Crippen LogP contribution in [0.4, 0.5) is 5.69 Å². The second-order valence-electron chi connectivity index (χ2n) is 5.46. The number of carbonyl (C=O) groups is 1. The minimum absolute atomic E-state index is 0.226. The third kappa shape index (κ3) is 6.17. The summed E-state index contributed by atoms with van der Waals surface area (Å²) in [5.74, 6) is 0.129. The molecule has 1 aromatic carbocycles. The number of nitriles is 1. The van der Waals surface area contributed by atoms with E-state index in [0.29, 0.717) is 23.8 Å². The van der Waals surface area contributed by atoms with Crippen LogP contribution in [0.1, 0.15) is 38.7 Å². The van der Waals surface area contributed by atoms with E-state index in [1.54, 1.807) is 12.1 Å². The lowest BCUT2D eigenvalue weighted by atomic mass is 9.88. The van der Waals surface area contributed by atoms with Gasteiger partial charge in [-0.1, -0.05) is 13.8 Å². The van der Waals surface area contributed by atoms with E-state index in [-0.39, 0.29) is 6.42 Å². The second kappa shape index (κ2) is 8.68. The third-order valence-corrected chi connectivity index (χ3v) is 4.26. The molecule has 5 heteroatoms. The Morgan fingerprint density at radius 1 is 1.43 bits per heavy atom. The predicted octanol–water partition coefficient (Wildman–Crippen LogP) is 4.26. The molecule has 1 rings (SSSR count). The van der Waals surface area contributed by atoms with Gasteiger partial charge in [-0.2, -0.15) is 5.26 Å². The lowest BCUT2D eigenvalue weighted by Crippen LogP contribution is -2.16. The largest absolute Gasteiger partial charge is 0.481 e. The molecule has 0 aliphatic carbocycles. The number of halogens is 1. The molecule has 0 bridgehead atoms. The van der Waals surface area contributed by atoms with Crippen LogP contribution in [-0.4, -0.2) is 17.6 Å². The zero-order valence-corrected chi connectivity index (χ0v) is 14.0. The SMILES string of the molecule is CC(C)C(CCNc1ccc(C#N)cc1Br)CCC(=O)O. The zero-order valence-electron chi connectivity index (χ0n) is 12.4. The van der Waals surface area contributed by atoms with Gasteiger partial charge in [-0.25, -0.2) is 0 Å². The van der Waals surface area contributed by atoms with E-state index in [4.69, 9.17) is 10.4 Å². The summed E-state index contributed by atoms with van der Waals surface area (Å²) >= 11 is 3.44. The van der Waals surface area contributed by atoms with Gasteiger partial charge in [0.25, 0.3) is 0 Å². The molecule has 1 unspecified atom stereocenters. The summed E-state index contributed by atoms with van der Waals surface area (Å²) in [7, 11) is 0. The van der Waals surface area contributed by atoms with Crippen LogP contribution in [-0.2, 0) is 4.79 Å². The molecule has 0 aliphatic rings. The molecule has 1 aromatic rings. The standard InChI is InChI=1S/C16H21BrN2O2/c1-11(2)13(4-6-16(20)21)7-8-19-15-5-3-12(10-18)9-14(15)17/h3,5,9,11,13,19H,4,6-8H2,1-2H3,(H,20,21). The number of rotatable bonds is 8. The molecule has 0 amide bonds. The van der Waals surface area contributed by atoms with Crippen molar-refractivity contribution in [2.75, 3.05) is 11.9 Å². The first kappa shape index (κ1) is 17.5. The second-order valence-corrected chi connectivity index (χ2v) is 6.31. The Morgan fingerprint density at radius 2 is 2.14 bits per heavy atom. The molecule has 0 heterocycles. The van der Waals surface area contributed by atoms with Crippen molar-refractivity contribution in [2.45, 2.75) is 33.1 Å². The number of nitrogens with zero attached hydrogens (tertiary/aromatic N) is 1. The van der Waals surface area contributed by atoms with Gasteiger partial charge in [0.15, 0.2) is 0 Å². The molecule has 0 saturated heterocycles. The Kier molecular flexibility index (Phi) is 7.24. The van der Waals surface area contributed by atoms with E-state index < -0.39 is 5.97 Å². The number of carboxylic acids is 1. The van der Waals surface area contributed by atoms with Gasteiger partial charge in [0.1, 0.15) is 0 Å². The maximum Gasteiger partial charge on any atom is 0.303 e. The Bertz CT molecular complexity index is 523. The lowest BCUT2D eigenvalue weighted by molar-refractivity contribution is -0.137. The van der Waals surface area contributed by atoms with Gasteiger partial charge in [0, 0.05) is 23.1 Å². The van der Waals surface area contributed by atoms with E-state index in [1.165, 1.54) is 0 Å². The first-order valence-electron chi connectivity index (χ1n) is 7.09. The van der Waals surface area contributed by atoms with Crippen LogP contribution in [0.2, 0.25) is 0 Å². The van der Waals surface area contributed by atoms with E-state index in [1.807, 2.05) is 6.07 Å². The maximum absolute atomic E-state index is 10.7. The van der Waals surface area contributed by atoms with Crippen molar-refractivity contribution < 1.29 is 9.90 Å². The first-order valence-corrected chi connectivity index (χ1v) is 7.88. The van der Waals surface area contributed by atoms with E-state index in [2.05, 4.69) is 41.2 Å². The lowest BCUT2D eigenvalue weighted by Gasteiger charge is -2.20. The molecule has 0 radical (unpaired) electrons. The number of hydrogen-bond donors (Lipinski definition) is 2. The Labute approximate surface area is 134 Å². The summed E-state index contributed by atoms with van der Waals surface area (Å²) in [5, 5.41) is 20.9. The summed E-state index contributed by atoms with van der Waals surface area (Å²) in [4.78, 5) is 10.7. The number of carboxylic acid groups (broad SMARTS) is 1. The van der Waals surface area contributed by atoms with Crippen molar-refractivity contribution in [3.63, 3.8) is 0 Å². The smallest absolute Gasteiger partial charge is 0.303 e. The molecule has 0 aliphatic heterocycles. The van der Waals surface area contributed by atoms with Gasteiger partial charge in [0.05, 0.1) is 11.6 Å². The molecule has 2 N–H and O–H groups in total. The van der Waals surface area contributed by atoms with Crippen LogP contribution in [0, 0.1) is 23.2 Å². The van der Waals surface area contributed by atoms with Gasteiger partial charge >= 0.3 is 5.97 Å². The van der Waals surface area contributed by atoms with Gasteiger partial charge < -0.3 is 10.4 Å². The Balaban J connectivity index is 2.50.